The molecule has 7 nitrogen and oxygen atoms in total. The average molecular weight is 287 g/mol. The molecular weight excluding hydrogens is 266 g/mol. The summed E-state index contributed by atoms with van der Waals surface area (Å²) in [7, 11) is -3.43. The Labute approximate surface area is 113 Å². The van der Waals surface area contributed by atoms with Gasteiger partial charge in [-0.2, -0.15) is 12.7 Å². The number of H-pyrrole nitrogens is 1. The number of piperidine rings is 1. The van der Waals surface area contributed by atoms with E-state index in [9.17, 15) is 8.42 Å². The first-order valence-corrected chi connectivity index (χ1v) is 8.01. The number of nitrogens with two attached hydrogens (primary N) is 1. The zero-order valence-electron chi connectivity index (χ0n) is 10.9. The third-order valence-electron chi connectivity index (χ3n) is 3.39. The fraction of sp³-hybridized carbons (Fsp3) is 0.727. The molecule has 8 heteroatoms. The van der Waals surface area contributed by atoms with Gasteiger partial charge >= 0.3 is 0 Å². The van der Waals surface area contributed by atoms with Crippen molar-refractivity contribution in [3.05, 3.63) is 18.2 Å². The minimum Gasteiger partial charge on any atom is -0.348 e. The molecule has 19 heavy (non-hydrogen) atoms. The molecule has 1 aliphatic rings. The van der Waals surface area contributed by atoms with Crippen LogP contribution in [0.25, 0.3) is 0 Å². The number of nitrogens with one attached hydrogen (secondary N) is 2. The first kappa shape index (κ1) is 14.4. The molecule has 0 aliphatic carbocycles. The van der Waals surface area contributed by atoms with Crippen LogP contribution < -0.4 is 10.5 Å². The van der Waals surface area contributed by atoms with E-state index in [1.807, 2.05) is 0 Å². The molecule has 4 N–H and O–H groups in total. The second kappa shape index (κ2) is 6.47. The highest BCUT2D eigenvalue weighted by molar-refractivity contribution is 7.87. The Hall–Kier alpha value is -0.960. The van der Waals surface area contributed by atoms with Crippen LogP contribution in [-0.2, 0) is 16.6 Å². The standard InChI is InChI=1S/C11H21N5O2S/c12-7-11-3-1-2-6-16(11)19(17,18)15-5-4-10-8-13-9-14-10/h8-9,11,15H,1-7,12H2,(H,13,14). The van der Waals surface area contributed by atoms with Crippen molar-refractivity contribution in [3.8, 4) is 0 Å². The Balaban J connectivity index is 1.89. The molecule has 1 unspecified atom stereocenters. The van der Waals surface area contributed by atoms with Crippen molar-refractivity contribution in [2.75, 3.05) is 19.6 Å². The summed E-state index contributed by atoms with van der Waals surface area (Å²) in [5.41, 5.74) is 6.56. The molecule has 0 spiro atoms. The lowest BCUT2D eigenvalue weighted by molar-refractivity contribution is 0.254. The van der Waals surface area contributed by atoms with E-state index >= 15 is 0 Å². The Morgan fingerprint density at radius 2 is 2.37 bits per heavy atom. The Morgan fingerprint density at radius 1 is 1.53 bits per heavy atom. The molecular formula is C11H21N5O2S. The Kier molecular flexibility index (Phi) is 4.92. The highest BCUT2D eigenvalue weighted by Crippen LogP contribution is 2.18. The van der Waals surface area contributed by atoms with E-state index in [4.69, 9.17) is 5.73 Å². The molecule has 1 atom stereocenters. The van der Waals surface area contributed by atoms with Crippen LogP contribution >= 0.6 is 0 Å². The number of hydrogen-bond donors (Lipinski definition) is 3. The molecule has 0 saturated carbocycles. The van der Waals surface area contributed by atoms with E-state index in [0.717, 1.165) is 25.0 Å². The monoisotopic (exact) mass is 287 g/mol. The quantitative estimate of drug-likeness (QED) is 0.662. The highest BCUT2D eigenvalue weighted by atomic mass is 32.2. The molecule has 0 radical (unpaired) electrons. The number of nitrogens with zero attached hydrogens (tertiary/aromatic N) is 2. The number of rotatable bonds is 6. The van der Waals surface area contributed by atoms with Crippen molar-refractivity contribution < 1.29 is 8.42 Å². The summed E-state index contributed by atoms with van der Waals surface area (Å²) in [4.78, 5) is 6.84. The minimum atomic E-state index is -3.43. The summed E-state index contributed by atoms with van der Waals surface area (Å²) in [6.45, 7) is 1.29. The van der Waals surface area contributed by atoms with Gasteiger partial charge in [-0.15, -0.1) is 0 Å². The predicted octanol–water partition coefficient (Wildman–Crippen LogP) is -0.400. The number of aromatic nitrogens is 2. The van der Waals surface area contributed by atoms with Gasteiger partial charge in [-0.1, -0.05) is 6.42 Å². The molecule has 1 aromatic heterocycles. The van der Waals surface area contributed by atoms with Crippen molar-refractivity contribution >= 4 is 10.2 Å². The normalized spacial score (nSPS) is 21.6. The molecule has 0 bridgehead atoms. The summed E-state index contributed by atoms with van der Waals surface area (Å²) in [5.74, 6) is 0. The van der Waals surface area contributed by atoms with E-state index in [1.54, 1.807) is 12.5 Å². The lowest BCUT2D eigenvalue weighted by Gasteiger charge is -2.33. The number of aromatic amines is 1. The molecule has 2 heterocycles. The second-order valence-corrected chi connectivity index (χ2v) is 6.43. The lowest BCUT2D eigenvalue weighted by Crippen LogP contribution is -2.51. The van der Waals surface area contributed by atoms with Gasteiger partial charge in [-0.05, 0) is 12.8 Å². The fourth-order valence-corrected chi connectivity index (χ4v) is 3.82. The van der Waals surface area contributed by atoms with Crippen molar-refractivity contribution in [1.29, 1.82) is 0 Å². The molecule has 0 amide bonds. The van der Waals surface area contributed by atoms with Gasteiger partial charge in [0.2, 0.25) is 0 Å². The predicted molar refractivity (Wildman–Crippen MR) is 72.6 cm³/mol. The topological polar surface area (TPSA) is 104 Å². The minimum absolute atomic E-state index is 0.0709. The van der Waals surface area contributed by atoms with Crippen LogP contribution in [0.15, 0.2) is 12.5 Å². The number of imidazole rings is 1. The molecule has 1 saturated heterocycles. The van der Waals surface area contributed by atoms with E-state index in [1.165, 1.54) is 4.31 Å². The van der Waals surface area contributed by atoms with E-state index < -0.39 is 10.2 Å². The lowest BCUT2D eigenvalue weighted by atomic mass is 10.1. The van der Waals surface area contributed by atoms with Crippen LogP contribution in [0.2, 0.25) is 0 Å². The molecule has 2 rings (SSSR count). The Morgan fingerprint density at radius 3 is 3.05 bits per heavy atom. The third-order valence-corrected chi connectivity index (χ3v) is 5.05. The van der Waals surface area contributed by atoms with Crippen LogP contribution in [0.5, 0.6) is 0 Å². The highest BCUT2D eigenvalue weighted by Gasteiger charge is 2.30. The molecule has 1 aromatic rings. The maximum Gasteiger partial charge on any atom is 0.279 e. The van der Waals surface area contributed by atoms with Crippen LogP contribution in [0, 0.1) is 0 Å². The first-order chi connectivity index (χ1) is 9.13. The van der Waals surface area contributed by atoms with Crippen LogP contribution in [0.4, 0.5) is 0 Å². The van der Waals surface area contributed by atoms with Gasteiger partial charge in [0.25, 0.3) is 10.2 Å². The van der Waals surface area contributed by atoms with E-state index in [2.05, 4.69) is 14.7 Å². The van der Waals surface area contributed by atoms with E-state index in [0.29, 0.717) is 26.1 Å². The number of hydrogen-bond acceptors (Lipinski definition) is 4. The summed E-state index contributed by atoms with van der Waals surface area (Å²) in [6, 6.07) is -0.0709. The van der Waals surface area contributed by atoms with Crippen molar-refractivity contribution in [2.24, 2.45) is 5.73 Å². The van der Waals surface area contributed by atoms with Crippen molar-refractivity contribution in [2.45, 2.75) is 31.7 Å². The zero-order valence-corrected chi connectivity index (χ0v) is 11.7. The Bertz CT molecular complexity index is 473. The van der Waals surface area contributed by atoms with Gasteiger partial charge in [0.1, 0.15) is 0 Å². The SMILES string of the molecule is NCC1CCCCN1S(=O)(=O)NCCc1cnc[nH]1. The maximum absolute atomic E-state index is 12.2. The van der Waals surface area contributed by atoms with Gasteiger partial charge in [0.05, 0.1) is 6.33 Å². The smallest absolute Gasteiger partial charge is 0.279 e. The zero-order chi connectivity index (χ0) is 13.7. The van der Waals surface area contributed by atoms with Gasteiger partial charge in [-0.3, -0.25) is 0 Å². The third kappa shape index (κ3) is 3.75. The van der Waals surface area contributed by atoms with Crippen molar-refractivity contribution in [1.82, 2.24) is 19.0 Å². The van der Waals surface area contributed by atoms with Gasteiger partial charge in [0.15, 0.2) is 0 Å². The average Bonchev–Trinajstić information content (AvgIpc) is 2.91. The van der Waals surface area contributed by atoms with Gasteiger partial charge in [0, 0.05) is 44.0 Å². The first-order valence-electron chi connectivity index (χ1n) is 6.57. The van der Waals surface area contributed by atoms with Crippen LogP contribution in [0.1, 0.15) is 25.0 Å². The van der Waals surface area contributed by atoms with Crippen molar-refractivity contribution in [3.63, 3.8) is 0 Å². The van der Waals surface area contributed by atoms with Gasteiger partial charge in [-0.25, -0.2) is 9.71 Å². The van der Waals surface area contributed by atoms with Crippen LogP contribution in [-0.4, -0.2) is 48.4 Å². The van der Waals surface area contributed by atoms with Gasteiger partial charge < -0.3 is 10.7 Å². The summed E-state index contributed by atoms with van der Waals surface area (Å²) in [6.07, 6.45) is 6.66. The maximum atomic E-state index is 12.2. The summed E-state index contributed by atoms with van der Waals surface area (Å²) < 4.78 is 28.6. The fourth-order valence-electron chi connectivity index (χ4n) is 2.35. The molecule has 108 valence electrons. The molecule has 1 aliphatic heterocycles. The molecule has 0 aromatic carbocycles. The van der Waals surface area contributed by atoms with Crippen LogP contribution in [0.3, 0.4) is 0 Å². The summed E-state index contributed by atoms with van der Waals surface area (Å²) in [5, 5.41) is 0. The summed E-state index contributed by atoms with van der Waals surface area (Å²) >= 11 is 0. The second-order valence-electron chi connectivity index (χ2n) is 4.72. The van der Waals surface area contributed by atoms with E-state index in [-0.39, 0.29) is 6.04 Å². The largest absolute Gasteiger partial charge is 0.348 e. The molecule has 1 fully saturated rings.